The number of amides is 1. The Morgan fingerprint density at radius 3 is 2.76 bits per heavy atom. The molecule has 0 radical (unpaired) electrons. The van der Waals surface area contributed by atoms with Gasteiger partial charge >= 0.3 is 5.97 Å². The number of carbonyl (C=O) groups is 2. The second-order valence-corrected chi connectivity index (χ2v) is 7.58. The van der Waals surface area contributed by atoms with Crippen molar-refractivity contribution in [3.05, 3.63) is 42.6 Å². The molecule has 2 heterocycles. The molecule has 154 valence electrons. The van der Waals surface area contributed by atoms with Gasteiger partial charge in [0.05, 0.1) is 19.7 Å². The Morgan fingerprint density at radius 2 is 2.10 bits per heavy atom. The largest absolute Gasteiger partial charge is 0.472 e. The Balaban J connectivity index is 1.87. The summed E-state index contributed by atoms with van der Waals surface area (Å²) in [5.74, 6) is -0.332. The molecule has 1 saturated heterocycles. The van der Waals surface area contributed by atoms with Crippen LogP contribution in [0.3, 0.4) is 0 Å². The molecule has 2 N–H and O–H groups in total. The van der Waals surface area contributed by atoms with Gasteiger partial charge in [0, 0.05) is 18.0 Å². The molecule has 29 heavy (non-hydrogen) atoms. The normalized spacial score (nSPS) is 20.0. The van der Waals surface area contributed by atoms with E-state index >= 15 is 0 Å². The van der Waals surface area contributed by atoms with E-state index in [0.717, 1.165) is 16.3 Å². The van der Waals surface area contributed by atoms with Gasteiger partial charge in [-0.15, -0.1) is 0 Å². The molecule has 1 aromatic heterocycles. The van der Waals surface area contributed by atoms with Crippen molar-refractivity contribution in [3.63, 3.8) is 0 Å². The molecular weight excluding hydrogens is 370 g/mol. The fraction of sp³-hybridized carbons (Fsp3) is 0.409. The van der Waals surface area contributed by atoms with Gasteiger partial charge in [0.15, 0.2) is 0 Å². The number of rotatable bonds is 6. The average molecular weight is 397 g/mol. The van der Waals surface area contributed by atoms with E-state index in [2.05, 4.69) is 11.6 Å². The zero-order valence-corrected chi connectivity index (χ0v) is 17.0. The fourth-order valence-electron chi connectivity index (χ4n) is 3.50. The van der Waals surface area contributed by atoms with Gasteiger partial charge in [-0.25, -0.2) is 9.78 Å². The number of pyridine rings is 1. The summed E-state index contributed by atoms with van der Waals surface area (Å²) in [6.07, 6.45) is 3.36. The summed E-state index contributed by atoms with van der Waals surface area (Å²) in [6, 6.07) is 6.39. The number of likely N-dealkylation sites (tertiary alicyclic amines) is 1. The van der Waals surface area contributed by atoms with Crippen LogP contribution in [0.1, 0.15) is 25.8 Å². The van der Waals surface area contributed by atoms with E-state index in [1.807, 2.05) is 38.1 Å². The van der Waals surface area contributed by atoms with Crippen molar-refractivity contribution in [2.45, 2.75) is 38.5 Å². The lowest BCUT2D eigenvalue weighted by molar-refractivity contribution is -0.151. The lowest BCUT2D eigenvalue weighted by Crippen LogP contribution is -2.50. The Labute approximate surface area is 170 Å². The summed E-state index contributed by atoms with van der Waals surface area (Å²) in [5.41, 5.74) is 6.99. The van der Waals surface area contributed by atoms with Crippen LogP contribution in [0.5, 0.6) is 5.88 Å². The van der Waals surface area contributed by atoms with Crippen LogP contribution in [0.4, 0.5) is 0 Å². The van der Waals surface area contributed by atoms with Crippen molar-refractivity contribution in [1.29, 1.82) is 0 Å². The van der Waals surface area contributed by atoms with Gasteiger partial charge in [-0.3, -0.25) is 4.79 Å². The molecule has 7 heteroatoms. The second-order valence-electron chi connectivity index (χ2n) is 7.58. The van der Waals surface area contributed by atoms with Gasteiger partial charge in [-0.1, -0.05) is 38.6 Å². The van der Waals surface area contributed by atoms with Crippen molar-refractivity contribution >= 4 is 28.7 Å². The predicted molar refractivity (Wildman–Crippen MR) is 111 cm³/mol. The quantitative estimate of drug-likeness (QED) is 0.752. The maximum absolute atomic E-state index is 12.8. The Kier molecular flexibility index (Phi) is 6.17. The summed E-state index contributed by atoms with van der Waals surface area (Å²) < 4.78 is 11.0. The van der Waals surface area contributed by atoms with Gasteiger partial charge in [0.25, 0.3) is 0 Å². The maximum Gasteiger partial charge on any atom is 0.328 e. The van der Waals surface area contributed by atoms with Gasteiger partial charge in [-0.05, 0) is 29.0 Å². The molecule has 1 fully saturated rings. The van der Waals surface area contributed by atoms with Gasteiger partial charge in [0.2, 0.25) is 11.8 Å². The van der Waals surface area contributed by atoms with Gasteiger partial charge < -0.3 is 20.1 Å². The SMILES string of the molecule is C=Cc1ccc2ccnc(O[C@@H]3C[C@@H](C(=O)OC)N(C(=O)[C@@H](N)C(C)C)C3)c2c1. The minimum Gasteiger partial charge on any atom is -0.472 e. The molecule has 1 aliphatic rings. The lowest BCUT2D eigenvalue weighted by Gasteiger charge is -2.26. The number of esters is 1. The summed E-state index contributed by atoms with van der Waals surface area (Å²) in [6.45, 7) is 7.79. The Morgan fingerprint density at radius 1 is 1.34 bits per heavy atom. The predicted octanol–water partition coefficient (Wildman–Crippen LogP) is 2.38. The number of hydrogen-bond donors (Lipinski definition) is 1. The van der Waals surface area contributed by atoms with Crippen molar-refractivity contribution < 1.29 is 19.1 Å². The number of nitrogens with zero attached hydrogens (tertiary/aromatic N) is 2. The first-order chi connectivity index (χ1) is 13.8. The highest BCUT2D eigenvalue weighted by Crippen LogP contribution is 2.29. The minimum absolute atomic E-state index is 0.0437. The number of aromatic nitrogens is 1. The number of fused-ring (bicyclic) bond motifs is 1. The molecule has 0 bridgehead atoms. The van der Waals surface area contributed by atoms with E-state index in [0.29, 0.717) is 12.3 Å². The first-order valence-electron chi connectivity index (χ1n) is 9.67. The number of methoxy groups -OCH3 is 1. The van der Waals surface area contributed by atoms with Crippen LogP contribution in [-0.2, 0) is 14.3 Å². The van der Waals surface area contributed by atoms with Crippen molar-refractivity contribution in [2.75, 3.05) is 13.7 Å². The molecule has 7 nitrogen and oxygen atoms in total. The van der Waals surface area contributed by atoms with Crippen LogP contribution in [0.2, 0.25) is 0 Å². The Hall–Kier alpha value is -2.93. The van der Waals surface area contributed by atoms with Crippen LogP contribution < -0.4 is 10.5 Å². The third-order valence-electron chi connectivity index (χ3n) is 5.29. The molecule has 3 rings (SSSR count). The molecule has 0 saturated carbocycles. The third kappa shape index (κ3) is 4.24. The maximum atomic E-state index is 12.8. The third-order valence-corrected chi connectivity index (χ3v) is 5.29. The summed E-state index contributed by atoms with van der Waals surface area (Å²) in [7, 11) is 1.31. The van der Waals surface area contributed by atoms with E-state index in [-0.39, 0.29) is 18.4 Å². The average Bonchev–Trinajstić information content (AvgIpc) is 3.15. The van der Waals surface area contributed by atoms with E-state index in [1.54, 1.807) is 12.3 Å². The Bertz CT molecular complexity index is 927. The monoisotopic (exact) mass is 397 g/mol. The lowest BCUT2D eigenvalue weighted by atomic mass is 10.0. The molecule has 0 unspecified atom stereocenters. The van der Waals surface area contributed by atoms with Crippen LogP contribution >= 0.6 is 0 Å². The van der Waals surface area contributed by atoms with Crippen LogP contribution in [0, 0.1) is 5.92 Å². The molecule has 0 aliphatic carbocycles. The molecule has 1 aliphatic heterocycles. The standard InChI is InChI=1S/C22H27N3O4/c1-5-14-6-7-15-8-9-24-20(17(15)10-14)29-16-11-18(22(27)28-4)25(12-16)21(26)19(23)13(2)3/h5-10,13,16,18-19H,1,11-12,23H2,2-4H3/t16-,18+,19+/m1/s1. The number of benzene rings is 1. The zero-order valence-electron chi connectivity index (χ0n) is 17.0. The van der Waals surface area contributed by atoms with Crippen molar-refractivity contribution in [3.8, 4) is 5.88 Å². The van der Waals surface area contributed by atoms with Crippen LogP contribution in [0.15, 0.2) is 37.0 Å². The van der Waals surface area contributed by atoms with E-state index < -0.39 is 24.2 Å². The number of hydrogen-bond acceptors (Lipinski definition) is 6. The fourth-order valence-corrected chi connectivity index (χ4v) is 3.50. The smallest absolute Gasteiger partial charge is 0.328 e. The molecule has 2 aromatic rings. The minimum atomic E-state index is -0.721. The van der Waals surface area contributed by atoms with Gasteiger partial charge in [0.1, 0.15) is 12.1 Å². The van der Waals surface area contributed by atoms with Crippen LogP contribution in [0.25, 0.3) is 16.8 Å². The number of ether oxygens (including phenoxy) is 2. The highest BCUT2D eigenvalue weighted by molar-refractivity contribution is 5.89. The zero-order chi connectivity index (χ0) is 21.1. The summed E-state index contributed by atoms with van der Waals surface area (Å²) in [4.78, 5) is 30.9. The van der Waals surface area contributed by atoms with E-state index in [4.69, 9.17) is 15.2 Å². The van der Waals surface area contributed by atoms with Crippen LogP contribution in [-0.4, -0.2) is 53.6 Å². The van der Waals surface area contributed by atoms with Crippen molar-refractivity contribution in [1.82, 2.24) is 9.88 Å². The number of nitrogens with two attached hydrogens (primary N) is 1. The molecule has 3 atom stereocenters. The second kappa shape index (κ2) is 8.61. The molecular formula is C22H27N3O4. The summed E-state index contributed by atoms with van der Waals surface area (Å²) in [5, 5.41) is 1.83. The highest BCUT2D eigenvalue weighted by Gasteiger charge is 2.43. The first-order valence-corrected chi connectivity index (χ1v) is 9.67. The number of carbonyl (C=O) groups excluding carboxylic acids is 2. The highest BCUT2D eigenvalue weighted by atomic mass is 16.5. The van der Waals surface area contributed by atoms with E-state index in [1.165, 1.54) is 12.0 Å². The molecule has 1 aromatic carbocycles. The topological polar surface area (TPSA) is 94.8 Å². The summed E-state index contributed by atoms with van der Waals surface area (Å²) >= 11 is 0. The molecule has 1 amide bonds. The first kappa shape index (κ1) is 20.8. The molecule has 0 spiro atoms. The van der Waals surface area contributed by atoms with E-state index in [9.17, 15) is 9.59 Å². The van der Waals surface area contributed by atoms with Gasteiger partial charge in [-0.2, -0.15) is 0 Å². The van der Waals surface area contributed by atoms with Crippen molar-refractivity contribution in [2.24, 2.45) is 11.7 Å².